The molecular formula is C25H21BrFNO5. The summed E-state index contributed by atoms with van der Waals surface area (Å²) in [5.74, 6) is 0.153. The lowest BCUT2D eigenvalue weighted by atomic mass is 10.1. The maximum Gasteiger partial charge on any atom is 0.255 e. The maximum atomic E-state index is 13.4. The average molecular weight is 514 g/mol. The third kappa shape index (κ3) is 5.59. The van der Waals surface area contributed by atoms with E-state index < -0.39 is 11.7 Å². The lowest BCUT2D eigenvalue weighted by Crippen LogP contribution is -2.12. The Labute approximate surface area is 199 Å². The highest BCUT2D eigenvalue weighted by molar-refractivity contribution is 9.10. The summed E-state index contributed by atoms with van der Waals surface area (Å²) >= 11 is 3.44. The molecule has 6 nitrogen and oxygen atoms in total. The predicted molar refractivity (Wildman–Crippen MR) is 128 cm³/mol. The van der Waals surface area contributed by atoms with Crippen LogP contribution >= 0.6 is 15.9 Å². The number of benzene rings is 3. The fourth-order valence-electron chi connectivity index (χ4n) is 3.12. The first-order valence-electron chi connectivity index (χ1n) is 9.75. The second-order valence-electron chi connectivity index (χ2n) is 6.78. The van der Waals surface area contributed by atoms with Crippen molar-refractivity contribution < 1.29 is 28.2 Å². The molecule has 0 aliphatic rings. The average Bonchev–Trinajstić information content (AvgIpc) is 2.82. The van der Waals surface area contributed by atoms with Gasteiger partial charge < -0.3 is 19.5 Å². The number of carbonyl (C=O) groups excluding carboxylic acids is 2. The van der Waals surface area contributed by atoms with E-state index in [4.69, 9.17) is 14.2 Å². The van der Waals surface area contributed by atoms with Crippen LogP contribution in [0.5, 0.6) is 17.2 Å². The first-order chi connectivity index (χ1) is 15.9. The van der Waals surface area contributed by atoms with Crippen molar-refractivity contribution in [3.8, 4) is 17.2 Å². The summed E-state index contributed by atoms with van der Waals surface area (Å²) < 4.78 is 30.2. The molecular weight excluding hydrogens is 493 g/mol. The molecule has 0 atom stereocenters. The topological polar surface area (TPSA) is 73.9 Å². The van der Waals surface area contributed by atoms with Gasteiger partial charge >= 0.3 is 0 Å². The zero-order chi connectivity index (χ0) is 24.0. The number of hydrogen-bond donors (Lipinski definition) is 1. The first kappa shape index (κ1) is 24.0. The molecule has 0 aliphatic heterocycles. The summed E-state index contributed by atoms with van der Waals surface area (Å²) in [5.41, 5.74) is 1.49. The summed E-state index contributed by atoms with van der Waals surface area (Å²) in [6.45, 7) is 0. The molecule has 0 saturated heterocycles. The van der Waals surface area contributed by atoms with Gasteiger partial charge in [-0.2, -0.15) is 0 Å². The van der Waals surface area contributed by atoms with Crippen LogP contribution in [0.25, 0.3) is 6.08 Å². The highest BCUT2D eigenvalue weighted by Crippen LogP contribution is 2.43. The molecule has 0 radical (unpaired) electrons. The van der Waals surface area contributed by atoms with Gasteiger partial charge in [0, 0.05) is 22.9 Å². The number of ketones is 1. The lowest BCUT2D eigenvalue weighted by Gasteiger charge is -2.15. The molecule has 8 heteroatoms. The van der Waals surface area contributed by atoms with Crippen molar-refractivity contribution >= 4 is 39.4 Å². The Bertz CT molecular complexity index is 1230. The van der Waals surface area contributed by atoms with Gasteiger partial charge in [0.05, 0.1) is 26.9 Å². The summed E-state index contributed by atoms with van der Waals surface area (Å²) in [6, 6.07) is 13.5. The zero-order valence-electron chi connectivity index (χ0n) is 18.1. The van der Waals surface area contributed by atoms with Crippen molar-refractivity contribution in [3.63, 3.8) is 0 Å². The van der Waals surface area contributed by atoms with Crippen molar-refractivity contribution in [2.24, 2.45) is 0 Å². The number of hydrogen-bond acceptors (Lipinski definition) is 5. The Morgan fingerprint density at radius 3 is 2.27 bits per heavy atom. The van der Waals surface area contributed by atoms with Gasteiger partial charge in [-0.05, 0) is 58.4 Å². The van der Waals surface area contributed by atoms with Crippen LogP contribution in [0.1, 0.15) is 26.3 Å². The Morgan fingerprint density at radius 1 is 0.909 bits per heavy atom. The fourth-order valence-corrected chi connectivity index (χ4v) is 3.77. The Balaban J connectivity index is 1.84. The van der Waals surface area contributed by atoms with E-state index >= 15 is 0 Å². The third-order valence-corrected chi connectivity index (χ3v) is 5.48. The first-order valence-corrected chi connectivity index (χ1v) is 10.5. The van der Waals surface area contributed by atoms with Gasteiger partial charge in [0.1, 0.15) is 27.5 Å². The number of allylic oxidation sites excluding steroid dienone is 1. The van der Waals surface area contributed by atoms with E-state index in [1.165, 1.54) is 45.6 Å². The molecule has 3 rings (SSSR count). The molecule has 0 bridgehead atoms. The summed E-state index contributed by atoms with van der Waals surface area (Å²) in [6.07, 6.45) is 2.97. The molecule has 3 aromatic rings. The number of amides is 1. The number of nitrogens with one attached hydrogen (secondary N) is 1. The monoisotopic (exact) mass is 513 g/mol. The number of ether oxygens (including phenoxy) is 3. The fraction of sp³-hybridized carbons (Fsp3) is 0.120. The minimum absolute atomic E-state index is 0.177. The number of methoxy groups -OCH3 is 3. The standard InChI is InChI=1S/C25H21BrFNO5/c1-31-21-14-22(32-2)23(26)24(33-3)19(21)10-11-20(29)15-6-5-9-18(13-15)28-25(30)16-7-4-8-17(27)12-16/h4-14H,1-3H3,(H,28,30)/b11-10+. The van der Waals surface area contributed by atoms with E-state index in [1.54, 1.807) is 36.4 Å². The van der Waals surface area contributed by atoms with Crippen LogP contribution in [0.3, 0.4) is 0 Å². The van der Waals surface area contributed by atoms with Crippen LogP contribution in [-0.2, 0) is 0 Å². The molecule has 1 N–H and O–H groups in total. The quantitative estimate of drug-likeness (QED) is 0.306. The van der Waals surface area contributed by atoms with E-state index in [9.17, 15) is 14.0 Å². The van der Waals surface area contributed by atoms with E-state index in [0.29, 0.717) is 38.5 Å². The van der Waals surface area contributed by atoms with E-state index in [2.05, 4.69) is 21.2 Å². The van der Waals surface area contributed by atoms with Gasteiger partial charge in [-0.1, -0.05) is 18.2 Å². The molecule has 3 aromatic carbocycles. The summed E-state index contributed by atoms with van der Waals surface area (Å²) in [7, 11) is 4.53. The minimum Gasteiger partial charge on any atom is -0.496 e. The van der Waals surface area contributed by atoms with Crippen LogP contribution in [0.4, 0.5) is 10.1 Å². The Morgan fingerprint density at radius 2 is 1.61 bits per heavy atom. The van der Waals surface area contributed by atoms with E-state index in [-0.39, 0.29) is 11.3 Å². The van der Waals surface area contributed by atoms with Crippen molar-refractivity contribution in [2.75, 3.05) is 26.6 Å². The number of anilines is 1. The summed E-state index contributed by atoms with van der Waals surface area (Å²) in [5, 5.41) is 2.67. The molecule has 0 spiro atoms. The Hall–Kier alpha value is -3.65. The van der Waals surface area contributed by atoms with Crippen molar-refractivity contribution in [1.29, 1.82) is 0 Å². The van der Waals surface area contributed by atoms with Gasteiger partial charge in [0.15, 0.2) is 5.78 Å². The molecule has 0 fully saturated rings. The van der Waals surface area contributed by atoms with Gasteiger partial charge in [-0.3, -0.25) is 9.59 Å². The molecule has 0 heterocycles. The SMILES string of the molecule is COc1cc(OC)c(/C=C/C(=O)c2cccc(NC(=O)c3cccc(F)c3)c2)c(OC)c1Br. The van der Waals surface area contributed by atoms with E-state index in [1.807, 2.05) is 0 Å². The molecule has 1 amide bonds. The highest BCUT2D eigenvalue weighted by Gasteiger charge is 2.17. The second-order valence-corrected chi connectivity index (χ2v) is 7.58. The zero-order valence-corrected chi connectivity index (χ0v) is 19.7. The molecule has 0 aromatic heterocycles. The molecule has 33 heavy (non-hydrogen) atoms. The molecule has 0 saturated carbocycles. The van der Waals surface area contributed by atoms with Crippen LogP contribution in [0.2, 0.25) is 0 Å². The lowest BCUT2D eigenvalue weighted by molar-refractivity contribution is 0.102. The number of carbonyl (C=O) groups is 2. The number of rotatable bonds is 8. The smallest absolute Gasteiger partial charge is 0.255 e. The molecule has 0 unspecified atom stereocenters. The van der Waals surface area contributed by atoms with Crippen LogP contribution in [0, 0.1) is 5.82 Å². The van der Waals surface area contributed by atoms with Gasteiger partial charge in [-0.25, -0.2) is 4.39 Å². The van der Waals surface area contributed by atoms with Crippen molar-refractivity contribution in [2.45, 2.75) is 0 Å². The number of halogens is 2. The minimum atomic E-state index is -0.507. The predicted octanol–water partition coefficient (Wildman–Crippen LogP) is 5.76. The highest BCUT2D eigenvalue weighted by atomic mass is 79.9. The Kier molecular flexibility index (Phi) is 7.84. The van der Waals surface area contributed by atoms with Gasteiger partial charge in [0.2, 0.25) is 0 Å². The van der Waals surface area contributed by atoms with Gasteiger partial charge in [0.25, 0.3) is 5.91 Å². The normalized spacial score (nSPS) is 10.7. The maximum absolute atomic E-state index is 13.4. The van der Waals surface area contributed by atoms with Gasteiger partial charge in [-0.15, -0.1) is 0 Å². The molecule has 0 aliphatic carbocycles. The van der Waals surface area contributed by atoms with Crippen LogP contribution in [0.15, 0.2) is 65.1 Å². The van der Waals surface area contributed by atoms with Crippen LogP contribution in [-0.4, -0.2) is 33.0 Å². The van der Waals surface area contributed by atoms with Crippen molar-refractivity contribution in [1.82, 2.24) is 0 Å². The third-order valence-electron chi connectivity index (χ3n) is 4.73. The van der Waals surface area contributed by atoms with Crippen molar-refractivity contribution in [3.05, 3.63) is 87.7 Å². The summed E-state index contributed by atoms with van der Waals surface area (Å²) in [4.78, 5) is 25.2. The molecule has 170 valence electrons. The largest absolute Gasteiger partial charge is 0.496 e. The van der Waals surface area contributed by atoms with Crippen LogP contribution < -0.4 is 19.5 Å². The van der Waals surface area contributed by atoms with E-state index in [0.717, 1.165) is 6.07 Å². The second kappa shape index (κ2) is 10.8.